The molecule has 1 amide bonds. The number of hydrogen-bond donors (Lipinski definition) is 1. The molecule has 6 heteroatoms. The predicted molar refractivity (Wildman–Crippen MR) is 105 cm³/mol. The lowest BCUT2D eigenvalue weighted by molar-refractivity contribution is 0.174. The first-order valence-electron chi connectivity index (χ1n) is 9.48. The molecule has 1 atom stereocenters. The van der Waals surface area contributed by atoms with Crippen LogP contribution in [0.4, 0.5) is 14.9 Å². The van der Waals surface area contributed by atoms with Crippen LogP contribution < -0.4 is 4.90 Å². The number of amides is 1. The fourth-order valence-electron chi connectivity index (χ4n) is 3.77. The third-order valence-electron chi connectivity index (χ3n) is 5.29. The summed E-state index contributed by atoms with van der Waals surface area (Å²) in [5.41, 5.74) is 3.23. The van der Waals surface area contributed by atoms with Crippen LogP contribution in [0.5, 0.6) is 0 Å². The minimum absolute atomic E-state index is 0.112. The van der Waals surface area contributed by atoms with Crippen LogP contribution in [0.1, 0.15) is 17.5 Å². The largest absolute Gasteiger partial charge is 0.447 e. The van der Waals surface area contributed by atoms with Gasteiger partial charge >= 0.3 is 6.09 Å². The highest BCUT2D eigenvalue weighted by molar-refractivity contribution is 5.90. The third kappa shape index (κ3) is 3.79. The molecule has 0 unspecified atom stereocenters. The maximum Gasteiger partial charge on any atom is 0.414 e. The lowest BCUT2D eigenvalue weighted by Gasteiger charge is -2.27. The van der Waals surface area contributed by atoms with Gasteiger partial charge < -0.3 is 9.84 Å². The summed E-state index contributed by atoms with van der Waals surface area (Å²) < 4.78 is 19.8. The van der Waals surface area contributed by atoms with E-state index in [9.17, 15) is 14.3 Å². The van der Waals surface area contributed by atoms with Gasteiger partial charge in [-0.15, -0.1) is 0 Å². The maximum atomic E-state index is 14.8. The highest BCUT2D eigenvalue weighted by atomic mass is 19.1. The van der Waals surface area contributed by atoms with Crippen molar-refractivity contribution in [3.8, 4) is 0 Å². The van der Waals surface area contributed by atoms with Crippen LogP contribution in [0.3, 0.4) is 0 Å². The fourth-order valence-corrected chi connectivity index (χ4v) is 3.77. The van der Waals surface area contributed by atoms with Gasteiger partial charge in [0.25, 0.3) is 0 Å². The second-order valence-electron chi connectivity index (χ2n) is 7.15. The molecule has 4 rings (SSSR count). The van der Waals surface area contributed by atoms with Crippen molar-refractivity contribution in [3.05, 3.63) is 71.6 Å². The van der Waals surface area contributed by atoms with E-state index < -0.39 is 12.1 Å². The molecule has 2 aliphatic heterocycles. The topological polar surface area (TPSA) is 53.0 Å². The Hall–Kier alpha value is -2.70. The number of ether oxygens (including phenoxy) is 1. The lowest BCUT2D eigenvalue weighted by atomic mass is 9.98. The number of hydrogen-bond acceptors (Lipinski definition) is 4. The molecule has 5 nitrogen and oxygen atoms in total. The third-order valence-corrected chi connectivity index (χ3v) is 5.29. The highest BCUT2D eigenvalue weighted by Gasteiger charge is 2.34. The molecular formula is C22H23FN2O3. The van der Waals surface area contributed by atoms with E-state index in [1.165, 1.54) is 16.5 Å². The zero-order valence-corrected chi connectivity index (χ0v) is 15.6. The van der Waals surface area contributed by atoms with Gasteiger partial charge in [0.05, 0.1) is 18.3 Å². The van der Waals surface area contributed by atoms with Gasteiger partial charge in [-0.05, 0) is 35.8 Å². The average molecular weight is 382 g/mol. The van der Waals surface area contributed by atoms with Crippen molar-refractivity contribution in [1.82, 2.24) is 4.90 Å². The van der Waals surface area contributed by atoms with Crippen LogP contribution >= 0.6 is 0 Å². The summed E-state index contributed by atoms with van der Waals surface area (Å²) in [5.74, 6) is -0.364. The first-order chi connectivity index (χ1) is 13.7. The summed E-state index contributed by atoms with van der Waals surface area (Å²) in [7, 11) is 0. The molecule has 2 aromatic rings. The van der Waals surface area contributed by atoms with E-state index in [1.54, 1.807) is 12.1 Å². The van der Waals surface area contributed by atoms with Gasteiger partial charge in [0, 0.05) is 25.2 Å². The van der Waals surface area contributed by atoms with Gasteiger partial charge in [0.1, 0.15) is 12.4 Å². The summed E-state index contributed by atoms with van der Waals surface area (Å²) in [5, 5.41) is 9.39. The van der Waals surface area contributed by atoms with Gasteiger partial charge in [0.2, 0.25) is 0 Å². The van der Waals surface area contributed by atoms with E-state index in [4.69, 9.17) is 4.74 Å². The number of carbonyl (C=O) groups excluding carboxylic acids is 1. The van der Waals surface area contributed by atoms with Crippen molar-refractivity contribution in [2.24, 2.45) is 0 Å². The number of nitrogens with zero attached hydrogens (tertiary/aromatic N) is 2. The van der Waals surface area contributed by atoms with Crippen LogP contribution in [0.25, 0.3) is 5.57 Å². The molecule has 2 heterocycles. The van der Waals surface area contributed by atoms with Gasteiger partial charge in [-0.3, -0.25) is 9.80 Å². The van der Waals surface area contributed by atoms with E-state index in [1.807, 2.05) is 18.2 Å². The standard InChI is InChI=1S/C22H23FN2O3/c23-21-12-18(25-19(14-26)15-28-22(25)27)6-7-20(21)17-8-10-24(11-9-17)13-16-4-2-1-3-5-16/h1-8,12,19,26H,9-11,13-15H2/t19-/m1/s1. The number of carbonyl (C=O) groups is 1. The molecular weight excluding hydrogens is 359 g/mol. The van der Waals surface area contributed by atoms with Crippen LogP contribution in [0, 0.1) is 5.82 Å². The first kappa shape index (κ1) is 18.7. The first-order valence-corrected chi connectivity index (χ1v) is 9.48. The number of aliphatic hydroxyl groups excluding tert-OH is 1. The molecule has 146 valence electrons. The Bertz CT molecular complexity index is 885. The monoisotopic (exact) mass is 382 g/mol. The maximum absolute atomic E-state index is 14.8. The van der Waals surface area contributed by atoms with E-state index in [0.29, 0.717) is 11.3 Å². The highest BCUT2D eigenvalue weighted by Crippen LogP contribution is 2.30. The molecule has 0 aromatic heterocycles. The molecule has 1 fully saturated rings. The SMILES string of the molecule is O=C1OC[C@@H](CO)N1c1ccc(C2=CCN(Cc3ccccc3)CC2)c(F)c1. The van der Waals surface area contributed by atoms with Crippen LogP contribution in [0.15, 0.2) is 54.6 Å². The minimum atomic E-state index is -0.556. The summed E-state index contributed by atoms with van der Waals surface area (Å²) in [4.78, 5) is 15.5. The smallest absolute Gasteiger partial charge is 0.414 e. The van der Waals surface area contributed by atoms with Crippen LogP contribution in [-0.2, 0) is 11.3 Å². The van der Waals surface area contributed by atoms with Gasteiger partial charge in [-0.1, -0.05) is 36.4 Å². The molecule has 0 bridgehead atoms. The molecule has 28 heavy (non-hydrogen) atoms. The Morgan fingerprint density at radius 3 is 2.68 bits per heavy atom. The van der Waals surface area contributed by atoms with Crippen LogP contribution in [-0.4, -0.2) is 48.4 Å². The van der Waals surface area contributed by atoms with Crippen molar-refractivity contribution in [2.45, 2.75) is 19.0 Å². The Kier molecular flexibility index (Phi) is 5.41. The summed E-state index contributed by atoms with van der Waals surface area (Å²) in [6.07, 6.45) is 2.29. The number of rotatable bonds is 5. The number of benzene rings is 2. The molecule has 1 saturated heterocycles. The van der Waals surface area contributed by atoms with Gasteiger partial charge in [0.15, 0.2) is 0 Å². The number of aliphatic hydroxyl groups is 1. The van der Waals surface area contributed by atoms with Crippen molar-refractivity contribution in [3.63, 3.8) is 0 Å². The van der Waals surface area contributed by atoms with Gasteiger partial charge in [-0.2, -0.15) is 0 Å². The quantitative estimate of drug-likeness (QED) is 0.861. The Labute approximate surface area is 163 Å². The molecule has 1 N–H and O–H groups in total. The van der Waals surface area contributed by atoms with Gasteiger partial charge in [-0.25, -0.2) is 9.18 Å². The summed E-state index contributed by atoms with van der Waals surface area (Å²) in [6, 6.07) is 14.6. The Morgan fingerprint density at radius 2 is 2.00 bits per heavy atom. The van der Waals surface area contributed by atoms with Crippen molar-refractivity contribution in [1.29, 1.82) is 0 Å². The zero-order valence-electron chi connectivity index (χ0n) is 15.6. The lowest BCUT2D eigenvalue weighted by Crippen LogP contribution is -2.36. The van der Waals surface area contributed by atoms with Crippen LogP contribution in [0.2, 0.25) is 0 Å². The molecule has 2 aromatic carbocycles. The summed E-state index contributed by atoms with van der Waals surface area (Å²) >= 11 is 0. The van der Waals surface area contributed by atoms with Crippen molar-refractivity contribution in [2.75, 3.05) is 31.2 Å². The Morgan fingerprint density at radius 1 is 1.18 bits per heavy atom. The fraction of sp³-hybridized carbons (Fsp3) is 0.318. The summed E-state index contributed by atoms with van der Waals surface area (Å²) in [6.45, 7) is 2.41. The number of halogens is 1. The average Bonchev–Trinajstić information content (AvgIpc) is 3.10. The second-order valence-corrected chi connectivity index (χ2v) is 7.15. The zero-order chi connectivity index (χ0) is 19.5. The minimum Gasteiger partial charge on any atom is -0.447 e. The van der Waals surface area contributed by atoms with E-state index in [2.05, 4.69) is 23.1 Å². The molecule has 2 aliphatic rings. The van der Waals surface area contributed by atoms with E-state index in [0.717, 1.165) is 31.6 Å². The second kappa shape index (κ2) is 8.12. The predicted octanol–water partition coefficient (Wildman–Crippen LogP) is 3.43. The normalized spacial score (nSPS) is 20.2. The molecule has 0 radical (unpaired) electrons. The van der Waals surface area contributed by atoms with E-state index >= 15 is 0 Å². The molecule has 0 aliphatic carbocycles. The van der Waals surface area contributed by atoms with Crippen molar-refractivity contribution >= 4 is 17.4 Å². The van der Waals surface area contributed by atoms with Crippen molar-refractivity contribution < 1.29 is 19.0 Å². The van der Waals surface area contributed by atoms with E-state index in [-0.39, 0.29) is 19.0 Å². The number of anilines is 1. The number of cyclic esters (lactones) is 1. The molecule has 0 spiro atoms. The molecule has 0 saturated carbocycles. The Balaban J connectivity index is 1.47.